The van der Waals surface area contributed by atoms with Gasteiger partial charge >= 0.3 is 0 Å². The maximum atomic E-state index is 11.3. The number of ether oxygens (including phenoxy) is 2. The first-order chi connectivity index (χ1) is 8.59. The van der Waals surface area contributed by atoms with Crippen LogP contribution >= 0.6 is 0 Å². The third kappa shape index (κ3) is 2.28. The number of carbonyl (C=O) groups is 1. The van der Waals surface area contributed by atoms with Gasteiger partial charge in [-0.1, -0.05) is 6.92 Å². The maximum absolute atomic E-state index is 11.3. The second-order valence-electron chi connectivity index (χ2n) is 4.90. The lowest BCUT2D eigenvalue weighted by atomic mass is 9.76. The average molecular weight is 249 g/mol. The van der Waals surface area contributed by atoms with Crippen molar-refractivity contribution in [2.24, 2.45) is 0 Å². The van der Waals surface area contributed by atoms with Crippen molar-refractivity contribution in [2.45, 2.75) is 25.2 Å². The van der Waals surface area contributed by atoms with Crippen LogP contribution < -0.4 is 14.8 Å². The smallest absolute Gasteiger partial charge is 0.220 e. The van der Waals surface area contributed by atoms with Crippen LogP contribution in [-0.2, 0) is 10.2 Å². The Kier molecular flexibility index (Phi) is 3.45. The Morgan fingerprint density at radius 1 is 1.28 bits per heavy atom. The summed E-state index contributed by atoms with van der Waals surface area (Å²) in [4.78, 5) is 11.3. The van der Waals surface area contributed by atoms with Gasteiger partial charge in [0.2, 0.25) is 5.91 Å². The van der Waals surface area contributed by atoms with Gasteiger partial charge in [0.05, 0.1) is 14.2 Å². The predicted molar refractivity (Wildman–Crippen MR) is 69.1 cm³/mol. The van der Waals surface area contributed by atoms with Crippen molar-refractivity contribution in [1.29, 1.82) is 0 Å². The molecule has 0 radical (unpaired) electrons. The first kappa shape index (κ1) is 12.7. The van der Waals surface area contributed by atoms with Gasteiger partial charge in [0, 0.05) is 23.9 Å². The second kappa shape index (κ2) is 4.88. The highest BCUT2D eigenvalue weighted by Gasteiger charge is 2.34. The normalized spacial score (nSPS) is 23.4. The van der Waals surface area contributed by atoms with E-state index in [0.717, 1.165) is 23.5 Å². The zero-order valence-corrected chi connectivity index (χ0v) is 11.1. The fourth-order valence-electron chi connectivity index (χ4n) is 2.38. The summed E-state index contributed by atoms with van der Waals surface area (Å²) in [7, 11) is 3.31. The fraction of sp³-hybridized carbons (Fsp3) is 0.500. The van der Waals surface area contributed by atoms with Gasteiger partial charge in [0.25, 0.3) is 0 Å². The minimum Gasteiger partial charge on any atom is -0.497 e. The van der Waals surface area contributed by atoms with Gasteiger partial charge in [-0.25, -0.2) is 0 Å². The predicted octanol–water partition coefficient (Wildman–Crippen LogP) is 1.87. The zero-order chi connectivity index (χ0) is 13.2. The number of hydrogen-bond acceptors (Lipinski definition) is 3. The van der Waals surface area contributed by atoms with E-state index >= 15 is 0 Å². The summed E-state index contributed by atoms with van der Waals surface area (Å²) in [6.07, 6.45) is 1.37. The molecule has 0 spiro atoms. The summed E-state index contributed by atoms with van der Waals surface area (Å²) in [5.74, 6) is 1.77. The first-order valence-electron chi connectivity index (χ1n) is 6.08. The molecule has 1 amide bonds. The maximum Gasteiger partial charge on any atom is 0.220 e. The zero-order valence-electron chi connectivity index (χ0n) is 11.1. The van der Waals surface area contributed by atoms with E-state index in [9.17, 15) is 4.79 Å². The lowest BCUT2D eigenvalue weighted by molar-refractivity contribution is -0.123. The highest BCUT2D eigenvalue weighted by atomic mass is 16.5. The molecule has 1 aliphatic rings. The van der Waals surface area contributed by atoms with Crippen molar-refractivity contribution in [3.63, 3.8) is 0 Å². The Bertz CT molecular complexity index is 446. The van der Waals surface area contributed by atoms with E-state index in [1.165, 1.54) is 0 Å². The summed E-state index contributed by atoms with van der Waals surface area (Å²) in [5, 5.41) is 2.92. The van der Waals surface area contributed by atoms with Crippen LogP contribution in [0.3, 0.4) is 0 Å². The van der Waals surface area contributed by atoms with Crippen molar-refractivity contribution in [1.82, 2.24) is 5.32 Å². The molecule has 1 aliphatic heterocycles. The lowest BCUT2D eigenvalue weighted by Gasteiger charge is -2.35. The Labute approximate surface area is 107 Å². The number of hydrogen-bond donors (Lipinski definition) is 1. The molecule has 1 N–H and O–H groups in total. The molecular weight excluding hydrogens is 230 g/mol. The monoisotopic (exact) mass is 249 g/mol. The minimum atomic E-state index is -0.103. The molecule has 0 saturated carbocycles. The van der Waals surface area contributed by atoms with Crippen LogP contribution in [0, 0.1) is 0 Å². The average Bonchev–Trinajstić information content (AvgIpc) is 2.41. The third-order valence-electron chi connectivity index (χ3n) is 3.64. The molecule has 1 heterocycles. The summed E-state index contributed by atoms with van der Waals surface area (Å²) < 4.78 is 10.7. The van der Waals surface area contributed by atoms with E-state index in [1.54, 1.807) is 14.2 Å². The Hall–Kier alpha value is -1.71. The van der Waals surface area contributed by atoms with Crippen molar-refractivity contribution < 1.29 is 14.3 Å². The Morgan fingerprint density at radius 2 is 2.06 bits per heavy atom. The highest BCUT2D eigenvalue weighted by molar-refractivity contribution is 5.77. The van der Waals surface area contributed by atoms with Crippen LogP contribution in [-0.4, -0.2) is 26.7 Å². The molecule has 0 aliphatic carbocycles. The third-order valence-corrected chi connectivity index (χ3v) is 3.64. The molecule has 1 atom stereocenters. The van der Waals surface area contributed by atoms with Gasteiger partial charge in [-0.2, -0.15) is 0 Å². The Balaban J connectivity index is 2.38. The number of amides is 1. The van der Waals surface area contributed by atoms with Crippen molar-refractivity contribution in [2.75, 3.05) is 20.8 Å². The van der Waals surface area contributed by atoms with E-state index < -0.39 is 0 Å². The largest absolute Gasteiger partial charge is 0.497 e. The molecule has 0 aromatic heterocycles. The van der Waals surface area contributed by atoms with Crippen LogP contribution in [0.2, 0.25) is 0 Å². The molecule has 4 nitrogen and oxygen atoms in total. The summed E-state index contributed by atoms with van der Waals surface area (Å²) in [6.45, 7) is 2.78. The van der Waals surface area contributed by atoms with Crippen LogP contribution in [0.5, 0.6) is 11.5 Å². The molecule has 18 heavy (non-hydrogen) atoms. The first-order valence-corrected chi connectivity index (χ1v) is 6.08. The standard InChI is InChI=1S/C14H19NO3/c1-14(7-6-13(16)15-9-14)11-8-10(17-2)4-5-12(11)18-3/h4-5,8H,6-7,9H2,1-3H3,(H,15,16). The van der Waals surface area contributed by atoms with Crippen LogP contribution in [0.25, 0.3) is 0 Å². The molecule has 1 unspecified atom stereocenters. The van der Waals surface area contributed by atoms with Crippen LogP contribution in [0.15, 0.2) is 18.2 Å². The fourth-order valence-corrected chi connectivity index (χ4v) is 2.38. The van der Waals surface area contributed by atoms with Gasteiger partial charge in [-0.15, -0.1) is 0 Å². The summed E-state index contributed by atoms with van der Waals surface area (Å²) in [6, 6.07) is 5.79. The minimum absolute atomic E-state index is 0.103. The number of rotatable bonds is 3. The van der Waals surface area contributed by atoms with Crippen molar-refractivity contribution in [3.8, 4) is 11.5 Å². The molecular formula is C14H19NO3. The SMILES string of the molecule is COc1ccc(OC)c(C2(C)CCC(=O)NC2)c1. The van der Waals surface area contributed by atoms with E-state index in [4.69, 9.17) is 9.47 Å². The van der Waals surface area contributed by atoms with Gasteiger partial charge < -0.3 is 14.8 Å². The molecule has 1 fully saturated rings. The van der Waals surface area contributed by atoms with E-state index in [-0.39, 0.29) is 11.3 Å². The van der Waals surface area contributed by atoms with Crippen molar-refractivity contribution >= 4 is 5.91 Å². The van der Waals surface area contributed by atoms with Gasteiger partial charge in [-0.3, -0.25) is 4.79 Å². The topological polar surface area (TPSA) is 47.6 Å². The lowest BCUT2D eigenvalue weighted by Crippen LogP contribution is -2.44. The van der Waals surface area contributed by atoms with E-state index in [0.29, 0.717) is 13.0 Å². The van der Waals surface area contributed by atoms with Crippen LogP contribution in [0.4, 0.5) is 0 Å². The molecule has 0 bridgehead atoms. The van der Waals surface area contributed by atoms with E-state index in [1.807, 2.05) is 18.2 Å². The number of methoxy groups -OCH3 is 2. The molecule has 1 aromatic rings. The Morgan fingerprint density at radius 3 is 2.61 bits per heavy atom. The molecule has 1 saturated heterocycles. The summed E-state index contributed by atoms with van der Waals surface area (Å²) in [5.41, 5.74) is 0.984. The van der Waals surface area contributed by atoms with Crippen LogP contribution in [0.1, 0.15) is 25.3 Å². The van der Waals surface area contributed by atoms with E-state index in [2.05, 4.69) is 12.2 Å². The highest BCUT2D eigenvalue weighted by Crippen LogP contribution is 2.38. The number of benzene rings is 1. The number of nitrogens with one attached hydrogen (secondary N) is 1. The van der Waals surface area contributed by atoms with Gasteiger partial charge in [-0.05, 0) is 24.6 Å². The second-order valence-corrected chi connectivity index (χ2v) is 4.90. The van der Waals surface area contributed by atoms with Gasteiger partial charge in [0.1, 0.15) is 11.5 Å². The van der Waals surface area contributed by atoms with Gasteiger partial charge in [0.15, 0.2) is 0 Å². The van der Waals surface area contributed by atoms with Crippen molar-refractivity contribution in [3.05, 3.63) is 23.8 Å². The number of piperidine rings is 1. The molecule has 2 rings (SSSR count). The molecule has 1 aromatic carbocycles. The number of carbonyl (C=O) groups excluding carboxylic acids is 1. The molecule has 98 valence electrons. The molecule has 4 heteroatoms. The quantitative estimate of drug-likeness (QED) is 0.889. The summed E-state index contributed by atoms with van der Waals surface area (Å²) >= 11 is 0.